The topological polar surface area (TPSA) is 97.0 Å². The quantitative estimate of drug-likeness (QED) is 0.314. The molecule has 0 radical (unpaired) electrons. The van der Waals surface area contributed by atoms with Gasteiger partial charge >= 0.3 is 0 Å². The van der Waals surface area contributed by atoms with Gasteiger partial charge < -0.3 is 16.2 Å². The molecule has 1 atom stereocenters. The predicted octanol–water partition coefficient (Wildman–Crippen LogP) is 4.68. The average molecular weight is 486 g/mol. The first-order valence-electron chi connectivity index (χ1n) is 8.74. The number of anilines is 2. The van der Waals surface area contributed by atoms with E-state index in [-0.39, 0.29) is 18.5 Å². The maximum absolute atomic E-state index is 13.3. The Bertz CT molecular complexity index is 969. The molecule has 0 saturated heterocycles. The predicted molar refractivity (Wildman–Crippen MR) is 117 cm³/mol. The molecule has 0 fully saturated rings. The number of nitrogens with zero attached hydrogens (tertiary/aromatic N) is 3. The highest BCUT2D eigenvalue weighted by Gasteiger charge is 2.17. The first-order chi connectivity index (χ1) is 13.4. The molecule has 0 bridgehead atoms. The van der Waals surface area contributed by atoms with Crippen molar-refractivity contribution in [1.82, 2.24) is 15.0 Å². The molecule has 0 aliphatic rings. The van der Waals surface area contributed by atoms with Gasteiger partial charge in [0.2, 0.25) is 0 Å². The summed E-state index contributed by atoms with van der Waals surface area (Å²) in [5.74, 6) is 1.33. The normalized spacial score (nSPS) is 12.6. The van der Waals surface area contributed by atoms with Crippen LogP contribution >= 0.6 is 39.0 Å². The Kier molecular flexibility index (Phi) is 7.08. The fraction of sp³-hybridized carbons (Fsp3) is 0.389. The molecule has 0 aliphatic carbocycles. The van der Waals surface area contributed by atoms with Crippen molar-refractivity contribution in [3.63, 3.8) is 0 Å². The highest BCUT2D eigenvalue weighted by molar-refractivity contribution is 9.10. The smallest absolute Gasteiger partial charge is 0.191 e. The van der Waals surface area contributed by atoms with E-state index in [1.165, 1.54) is 35.2 Å². The summed E-state index contributed by atoms with van der Waals surface area (Å²) in [5, 5.41) is 14.0. The van der Waals surface area contributed by atoms with Gasteiger partial charge in [0.05, 0.1) is 12.6 Å². The molecule has 1 aromatic carbocycles. The minimum Gasteiger partial charge on any atom is -0.394 e. The van der Waals surface area contributed by atoms with Crippen LogP contribution in [-0.2, 0) is 5.75 Å². The molecule has 0 amide bonds. The second-order valence-corrected chi connectivity index (χ2v) is 9.56. The second-order valence-electron chi connectivity index (χ2n) is 6.74. The maximum Gasteiger partial charge on any atom is 0.191 e. The molecule has 0 saturated carbocycles. The zero-order valence-corrected chi connectivity index (χ0v) is 18.7. The van der Waals surface area contributed by atoms with E-state index in [4.69, 9.17) is 5.73 Å². The Labute approximate surface area is 179 Å². The van der Waals surface area contributed by atoms with Crippen LogP contribution in [-0.4, -0.2) is 32.7 Å². The number of aromatic nitrogens is 3. The van der Waals surface area contributed by atoms with Crippen LogP contribution in [0.4, 0.5) is 15.3 Å². The molecule has 2 aromatic heterocycles. The van der Waals surface area contributed by atoms with Gasteiger partial charge in [0.25, 0.3) is 0 Å². The third-order valence-corrected chi connectivity index (χ3v) is 6.45. The minimum atomic E-state index is -0.289. The molecule has 3 rings (SSSR count). The van der Waals surface area contributed by atoms with Gasteiger partial charge in [-0.15, -0.1) is 0 Å². The van der Waals surface area contributed by atoms with E-state index in [1.54, 1.807) is 6.07 Å². The number of benzene rings is 1. The fourth-order valence-corrected chi connectivity index (χ4v) is 4.95. The Morgan fingerprint density at radius 1 is 1.32 bits per heavy atom. The number of aliphatic hydroxyl groups is 1. The molecule has 10 heteroatoms. The highest BCUT2D eigenvalue weighted by Crippen LogP contribution is 2.33. The fourth-order valence-electron chi connectivity index (χ4n) is 2.71. The number of thiazole rings is 1. The molecular formula is C18H21BrFN5OS2. The lowest BCUT2D eigenvalue weighted by Crippen LogP contribution is -2.26. The number of nitrogens with one attached hydrogen (secondary N) is 1. The van der Waals surface area contributed by atoms with Crippen molar-refractivity contribution in [2.75, 3.05) is 17.7 Å². The lowest BCUT2D eigenvalue weighted by Gasteiger charge is -2.19. The lowest BCUT2D eigenvalue weighted by molar-refractivity contribution is 0.259. The van der Waals surface area contributed by atoms with E-state index < -0.39 is 0 Å². The number of nitrogen functional groups attached to an aromatic ring is 1. The largest absolute Gasteiger partial charge is 0.394 e. The number of thioether (sulfide) groups is 1. The van der Waals surface area contributed by atoms with Crippen LogP contribution in [0.5, 0.6) is 0 Å². The second kappa shape index (κ2) is 9.34. The molecular weight excluding hydrogens is 465 g/mol. The van der Waals surface area contributed by atoms with Crippen LogP contribution in [0.25, 0.3) is 10.3 Å². The van der Waals surface area contributed by atoms with Gasteiger partial charge in [0.15, 0.2) is 21.8 Å². The van der Waals surface area contributed by atoms with E-state index in [9.17, 15) is 9.50 Å². The van der Waals surface area contributed by atoms with Crippen LogP contribution in [0.15, 0.2) is 27.8 Å². The van der Waals surface area contributed by atoms with Crippen molar-refractivity contribution in [2.45, 2.75) is 37.2 Å². The molecule has 3 aromatic rings. The summed E-state index contributed by atoms with van der Waals surface area (Å²) in [6.07, 6.45) is 0.807. The molecule has 1 unspecified atom stereocenters. The van der Waals surface area contributed by atoms with Crippen molar-refractivity contribution < 1.29 is 9.50 Å². The Hall–Kier alpha value is -1.49. The van der Waals surface area contributed by atoms with E-state index in [2.05, 4.69) is 50.0 Å². The Morgan fingerprint density at radius 2 is 2.11 bits per heavy atom. The van der Waals surface area contributed by atoms with Crippen LogP contribution in [0.1, 0.15) is 25.8 Å². The van der Waals surface area contributed by atoms with Crippen LogP contribution < -0.4 is 11.1 Å². The van der Waals surface area contributed by atoms with Crippen molar-refractivity contribution in [1.29, 1.82) is 0 Å². The van der Waals surface area contributed by atoms with Gasteiger partial charge in [-0.05, 0) is 30.0 Å². The molecule has 2 heterocycles. The van der Waals surface area contributed by atoms with Crippen LogP contribution in [0.2, 0.25) is 0 Å². The summed E-state index contributed by atoms with van der Waals surface area (Å²) in [6.45, 7) is 4.21. The molecule has 4 N–H and O–H groups in total. The first kappa shape index (κ1) is 21.2. The summed E-state index contributed by atoms with van der Waals surface area (Å²) in [5.41, 5.74) is 7.34. The summed E-state index contributed by atoms with van der Waals surface area (Å²) in [4.78, 5) is 13.4. The number of fused-ring (bicyclic) bond motifs is 1. The van der Waals surface area contributed by atoms with E-state index in [0.29, 0.717) is 37.9 Å². The van der Waals surface area contributed by atoms with E-state index in [1.807, 2.05) is 0 Å². The van der Waals surface area contributed by atoms with Crippen molar-refractivity contribution in [2.24, 2.45) is 5.92 Å². The third-order valence-electron chi connectivity index (χ3n) is 3.94. The van der Waals surface area contributed by atoms with E-state index >= 15 is 0 Å². The summed E-state index contributed by atoms with van der Waals surface area (Å²) >= 11 is 6.13. The zero-order valence-electron chi connectivity index (χ0n) is 15.4. The SMILES string of the molecule is CC(C)CC(CO)Nc1nc(SCc2ccc(F)cc2Br)nc2nc(N)sc12. The van der Waals surface area contributed by atoms with Crippen molar-refractivity contribution in [3.8, 4) is 0 Å². The number of halogens is 2. The Morgan fingerprint density at radius 3 is 2.79 bits per heavy atom. The number of hydrogen-bond donors (Lipinski definition) is 3. The van der Waals surface area contributed by atoms with Crippen molar-refractivity contribution >= 4 is 60.3 Å². The molecule has 0 aliphatic heterocycles. The summed E-state index contributed by atoms with van der Waals surface area (Å²) < 4.78 is 14.8. The summed E-state index contributed by atoms with van der Waals surface area (Å²) in [6, 6.07) is 4.48. The minimum absolute atomic E-state index is 0.00294. The van der Waals surface area contributed by atoms with Gasteiger partial charge in [-0.3, -0.25) is 0 Å². The standard InChI is InChI=1S/C18H21BrFN5OS2/c1-9(2)5-12(7-26)22-15-14-16(23-17(21)28-14)25-18(24-15)27-8-10-3-4-11(20)6-13(10)19/h3-4,6,9,12,26H,5,7-8H2,1-2H3,(H3,21,22,23,24,25). The summed E-state index contributed by atoms with van der Waals surface area (Å²) in [7, 11) is 0. The number of nitrogens with two attached hydrogens (primary N) is 1. The van der Waals surface area contributed by atoms with Gasteiger partial charge in [-0.1, -0.05) is 58.9 Å². The van der Waals surface area contributed by atoms with Gasteiger partial charge in [-0.2, -0.15) is 0 Å². The van der Waals surface area contributed by atoms with Gasteiger partial charge in [0.1, 0.15) is 10.5 Å². The number of hydrogen-bond acceptors (Lipinski definition) is 8. The molecule has 6 nitrogen and oxygen atoms in total. The average Bonchev–Trinajstić information content (AvgIpc) is 3.00. The Balaban J connectivity index is 1.86. The van der Waals surface area contributed by atoms with Gasteiger partial charge in [0, 0.05) is 10.2 Å². The maximum atomic E-state index is 13.3. The monoisotopic (exact) mass is 485 g/mol. The zero-order chi connectivity index (χ0) is 20.3. The van der Waals surface area contributed by atoms with Crippen molar-refractivity contribution in [3.05, 3.63) is 34.1 Å². The number of rotatable bonds is 8. The van der Waals surface area contributed by atoms with E-state index in [0.717, 1.165) is 16.7 Å². The first-order valence-corrected chi connectivity index (χ1v) is 11.3. The molecule has 28 heavy (non-hydrogen) atoms. The van der Waals surface area contributed by atoms with Crippen LogP contribution in [0.3, 0.4) is 0 Å². The van der Waals surface area contributed by atoms with Gasteiger partial charge in [-0.25, -0.2) is 19.3 Å². The highest BCUT2D eigenvalue weighted by atomic mass is 79.9. The molecule has 0 spiro atoms. The number of aliphatic hydroxyl groups excluding tert-OH is 1. The third kappa shape index (κ3) is 5.31. The lowest BCUT2D eigenvalue weighted by atomic mass is 10.0. The molecule has 150 valence electrons. The van der Waals surface area contributed by atoms with Crippen LogP contribution in [0, 0.1) is 11.7 Å².